The van der Waals surface area contributed by atoms with Crippen LogP contribution in [0.15, 0.2) is 35.4 Å². The molecule has 142 valence electrons. The van der Waals surface area contributed by atoms with Crippen LogP contribution < -0.4 is 4.90 Å². The van der Waals surface area contributed by atoms with Crippen molar-refractivity contribution in [3.63, 3.8) is 0 Å². The molecule has 2 aromatic rings. The topological polar surface area (TPSA) is 74.1 Å². The van der Waals surface area contributed by atoms with Gasteiger partial charge < -0.3 is 0 Å². The first-order valence-electron chi connectivity index (χ1n) is 9.18. The highest BCUT2D eigenvalue weighted by atomic mass is 127. The number of benzene rings is 1. The van der Waals surface area contributed by atoms with Crippen molar-refractivity contribution in [2.24, 2.45) is 5.92 Å². The van der Waals surface area contributed by atoms with E-state index in [1.807, 2.05) is 18.2 Å². The van der Waals surface area contributed by atoms with Crippen molar-refractivity contribution >= 4 is 51.9 Å². The van der Waals surface area contributed by atoms with Gasteiger partial charge in [0.25, 0.3) is 0 Å². The molecule has 1 fully saturated rings. The molecular formula is C21H18IN3O2S. The Labute approximate surface area is 181 Å². The van der Waals surface area contributed by atoms with E-state index in [4.69, 9.17) is 4.98 Å². The van der Waals surface area contributed by atoms with Crippen molar-refractivity contribution in [1.29, 1.82) is 5.26 Å². The zero-order chi connectivity index (χ0) is 19.8. The van der Waals surface area contributed by atoms with Gasteiger partial charge in [-0.25, -0.2) is 9.88 Å². The number of hydrogen-bond acceptors (Lipinski definition) is 5. The van der Waals surface area contributed by atoms with Crippen LogP contribution in [0.3, 0.4) is 0 Å². The van der Waals surface area contributed by atoms with E-state index in [-0.39, 0.29) is 18.2 Å². The number of nitriles is 1. The summed E-state index contributed by atoms with van der Waals surface area (Å²) in [6.45, 7) is 2.21. The lowest BCUT2D eigenvalue weighted by molar-refractivity contribution is -0.121. The number of aryl methyl sites for hydroxylation is 1. The molecule has 2 heterocycles. The molecule has 2 unspecified atom stereocenters. The second kappa shape index (κ2) is 7.84. The third-order valence-electron chi connectivity index (χ3n) is 5.16. The average Bonchev–Trinajstić information content (AvgIpc) is 2.95. The van der Waals surface area contributed by atoms with Gasteiger partial charge in [0.15, 0.2) is 0 Å². The molecule has 0 N–H and O–H groups in total. The lowest BCUT2D eigenvalue weighted by atomic mass is 9.87. The molecule has 28 heavy (non-hydrogen) atoms. The number of fused-ring (bicyclic) bond motifs is 1. The second-order valence-electron chi connectivity index (χ2n) is 7.26. The van der Waals surface area contributed by atoms with Crippen molar-refractivity contribution in [3.8, 4) is 6.07 Å². The van der Waals surface area contributed by atoms with Gasteiger partial charge in [-0.15, -0.1) is 0 Å². The maximum absolute atomic E-state index is 12.9. The first kappa shape index (κ1) is 19.4. The van der Waals surface area contributed by atoms with Gasteiger partial charge in [-0.1, -0.05) is 18.7 Å². The summed E-state index contributed by atoms with van der Waals surface area (Å²) >= 11 is 3.43. The van der Waals surface area contributed by atoms with Crippen LogP contribution in [0.2, 0.25) is 0 Å². The molecular weight excluding hydrogens is 485 g/mol. The number of carbonyl (C=O) groups is 2. The van der Waals surface area contributed by atoms with E-state index in [0.717, 1.165) is 34.1 Å². The number of nitrogens with zero attached hydrogens (tertiary/aromatic N) is 3. The van der Waals surface area contributed by atoms with Gasteiger partial charge in [-0.05, 0) is 83.7 Å². The number of anilines is 1. The molecule has 1 aromatic heterocycles. The minimum atomic E-state index is -0.549. The summed E-state index contributed by atoms with van der Waals surface area (Å²) < 4.78 is 1.04. The van der Waals surface area contributed by atoms with Gasteiger partial charge in [-0.3, -0.25) is 9.59 Å². The number of thioether (sulfide) groups is 1. The highest BCUT2D eigenvalue weighted by molar-refractivity contribution is 14.1. The third kappa shape index (κ3) is 3.67. The van der Waals surface area contributed by atoms with E-state index in [2.05, 4.69) is 35.6 Å². The van der Waals surface area contributed by atoms with E-state index in [9.17, 15) is 14.9 Å². The zero-order valence-electron chi connectivity index (χ0n) is 15.3. The van der Waals surface area contributed by atoms with Gasteiger partial charge in [0.2, 0.25) is 11.8 Å². The first-order valence-corrected chi connectivity index (χ1v) is 11.1. The Hall–Kier alpha value is -1.92. The molecule has 5 nitrogen and oxygen atoms in total. The highest BCUT2D eigenvalue weighted by Gasteiger charge is 2.40. The Morgan fingerprint density at radius 2 is 2.00 bits per heavy atom. The zero-order valence-corrected chi connectivity index (χ0v) is 18.3. The number of hydrogen-bond donors (Lipinski definition) is 0. The van der Waals surface area contributed by atoms with E-state index >= 15 is 0 Å². The Morgan fingerprint density at radius 1 is 1.25 bits per heavy atom. The van der Waals surface area contributed by atoms with Crippen molar-refractivity contribution < 1.29 is 9.59 Å². The molecule has 1 aliphatic carbocycles. The predicted octanol–water partition coefficient (Wildman–Crippen LogP) is 4.11. The normalized spacial score (nSPS) is 21.5. The fourth-order valence-electron chi connectivity index (χ4n) is 3.69. The number of halogens is 1. The van der Waals surface area contributed by atoms with Crippen molar-refractivity contribution in [3.05, 3.63) is 50.7 Å². The fraction of sp³-hybridized carbons (Fsp3) is 0.333. The van der Waals surface area contributed by atoms with E-state index < -0.39 is 5.25 Å². The summed E-state index contributed by atoms with van der Waals surface area (Å²) in [5.74, 6) is 0.137. The summed E-state index contributed by atoms with van der Waals surface area (Å²) in [5, 5.41) is 9.58. The standard InChI is InChI=1S/C21H18IN3O2S/c1-12-2-7-17-13(8-12)9-14(11-23)20(24-17)28-18-10-19(26)25(21(18)27)16-5-3-15(22)4-6-16/h3-6,9,12,18H,2,7-8,10H2,1H3. The number of carbonyl (C=O) groups excluding carboxylic acids is 2. The minimum Gasteiger partial charge on any atom is -0.274 e. The Kier molecular flexibility index (Phi) is 5.43. The summed E-state index contributed by atoms with van der Waals surface area (Å²) in [7, 11) is 0. The lowest BCUT2D eigenvalue weighted by Gasteiger charge is -2.22. The lowest BCUT2D eigenvalue weighted by Crippen LogP contribution is -2.31. The Bertz CT molecular complexity index is 1000. The number of imide groups is 1. The summed E-state index contributed by atoms with van der Waals surface area (Å²) in [6.07, 6.45) is 3.03. The Morgan fingerprint density at radius 3 is 2.71 bits per heavy atom. The molecule has 1 saturated heterocycles. The van der Waals surface area contributed by atoms with Crippen molar-refractivity contribution in [2.45, 2.75) is 42.9 Å². The van der Waals surface area contributed by atoms with Crippen LogP contribution in [0, 0.1) is 20.8 Å². The largest absolute Gasteiger partial charge is 0.274 e. The average molecular weight is 503 g/mol. The van der Waals surface area contributed by atoms with Crippen LogP contribution in [-0.2, 0) is 22.4 Å². The smallest absolute Gasteiger partial charge is 0.247 e. The highest BCUT2D eigenvalue weighted by Crippen LogP contribution is 2.36. The number of rotatable bonds is 3. The molecule has 2 aliphatic rings. The second-order valence-corrected chi connectivity index (χ2v) is 9.70. The maximum Gasteiger partial charge on any atom is 0.247 e. The Balaban J connectivity index is 1.60. The van der Waals surface area contributed by atoms with Gasteiger partial charge in [0, 0.05) is 15.7 Å². The molecule has 1 aliphatic heterocycles. The third-order valence-corrected chi connectivity index (χ3v) is 7.07. The van der Waals surface area contributed by atoms with E-state index in [1.54, 1.807) is 12.1 Å². The SMILES string of the molecule is CC1CCc2nc(SC3CC(=O)N(c4ccc(I)cc4)C3=O)c(C#N)cc2C1. The van der Waals surface area contributed by atoms with E-state index in [0.29, 0.717) is 22.2 Å². The number of pyridine rings is 1. The van der Waals surface area contributed by atoms with Crippen LogP contribution in [0.25, 0.3) is 0 Å². The molecule has 1 aromatic carbocycles. The van der Waals surface area contributed by atoms with Crippen LogP contribution in [-0.4, -0.2) is 22.0 Å². The van der Waals surface area contributed by atoms with Crippen LogP contribution in [0.5, 0.6) is 0 Å². The molecule has 4 rings (SSSR count). The monoisotopic (exact) mass is 503 g/mol. The van der Waals surface area contributed by atoms with Crippen molar-refractivity contribution in [1.82, 2.24) is 4.98 Å². The van der Waals surface area contributed by atoms with Gasteiger partial charge >= 0.3 is 0 Å². The molecule has 0 radical (unpaired) electrons. The molecule has 2 amide bonds. The quantitative estimate of drug-likeness (QED) is 0.466. The van der Waals surface area contributed by atoms with Gasteiger partial charge in [-0.2, -0.15) is 5.26 Å². The first-order chi connectivity index (χ1) is 13.5. The summed E-state index contributed by atoms with van der Waals surface area (Å²) in [4.78, 5) is 31.4. The van der Waals surface area contributed by atoms with Crippen LogP contribution >= 0.6 is 34.4 Å². The van der Waals surface area contributed by atoms with Crippen LogP contribution in [0.4, 0.5) is 5.69 Å². The minimum absolute atomic E-state index is 0.121. The number of amides is 2. The molecule has 7 heteroatoms. The predicted molar refractivity (Wildman–Crippen MR) is 116 cm³/mol. The fourth-order valence-corrected chi connectivity index (χ4v) is 5.15. The molecule has 0 spiro atoms. The number of aromatic nitrogens is 1. The van der Waals surface area contributed by atoms with E-state index in [1.165, 1.54) is 16.7 Å². The molecule has 0 bridgehead atoms. The molecule has 0 saturated carbocycles. The van der Waals surface area contributed by atoms with Gasteiger partial charge in [0.05, 0.1) is 16.5 Å². The van der Waals surface area contributed by atoms with Crippen LogP contribution in [0.1, 0.15) is 36.6 Å². The van der Waals surface area contributed by atoms with Crippen molar-refractivity contribution in [2.75, 3.05) is 4.90 Å². The van der Waals surface area contributed by atoms with Gasteiger partial charge in [0.1, 0.15) is 11.1 Å². The summed E-state index contributed by atoms with van der Waals surface area (Å²) in [5.41, 5.74) is 3.23. The summed E-state index contributed by atoms with van der Waals surface area (Å²) in [6, 6.07) is 11.4. The molecule has 2 atom stereocenters. The maximum atomic E-state index is 12.9.